The smallest absolute Gasteiger partial charge is 0.224 e. The Balaban J connectivity index is 1.35. The van der Waals surface area contributed by atoms with Gasteiger partial charge >= 0.3 is 0 Å². The Morgan fingerprint density at radius 1 is 0.903 bits per heavy atom. The SMILES string of the molecule is O=C(CCc1ncc(-c2ccc(F)cc2)o1)Nc1cccc(C(=O)c2ccccc2)c1. The molecule has 0 saturated carbocycles. The number of nitrogens with zero attached hydrogens (tertiary/aromatic N) is 1. The lowest BCUT2D eigenvalue weighted by atomic mass is 10.0. The molecule has 0 saturated heterocycles. The molecule has 0 bridgehead atoms. The average Bonchev–Trinajstić information content (AvgIpc) is 3.27. The van der Waals surface area contributed by atoms with E-state index in [1.54, 1.807) is 54.7 Å². The third-order valence-electron chi connectivity index (χ3n) is 4.69. The Bertz CT molecular complexity index is 1200. The molecule has 1 heterocycles. The first-order valence-electron chi connectivity index (χ1n) is 9.79. The zero-order valence-corrected chi connectivity index (χ0v) is 16.5. The summed E-state index contributed by atoms with van der Waals surface area (Å²) in [5.74, 6) is 0.287. The second kappa shape index (κ2) is 9.17. The number of aromatic nitrogens is 1. The fraction of sp³-hybridized carbons (Fsp3) is 0.0800. The van der Waals surface area contributed by atoms with Crippen molar-refractivity contribution in [1.29, 1.82) is 0 Å². The summed E-state index contributed by atoms with van der Waals surface area (Å²) >= 11 is 0. The molecule has 0 aliphatic heterocycles. The van der Waals surface area contributed by atoms with Gasteiger partial charge in [0, 0.05) is 35.2 Å². The zero-order chi connectivity index (χ0) is 21.6. The molecule has 3 aromatic carbocycles. The number of carbonyl (C=O) groups is 2. The lowest BCUT2D eigenvalue weighted by Crippen LogP contribution is -2.13. The van der Waals surface area contributed by atoms with Gasteiger partial charge in [-0.15, -0.1) is 0 Å². The topological polar surface area (TPSA) is 72.2 Å². The maximum atomic E-state index is 13.0. The van der Waals surface area contributed by atoms with Crippen LogP contribution in [0.1, 0.15) is 28.2 Å². The number of hydrogen-bond donors (Lipinski definition) is 1. The van der Waals surface area contributed by atoms with Crippen molar-refractivity contribution in [2.24, 2.45) is 0 Å². The van der Waals surface area contributed by atoms with Crippen molar-refractivity contribution < 1.29 is 18.4 Å². The van der Waals surface area contributed by atoms with E-state index in [2.05, 4.69) is 10.3 Å². The summed E-state index contributed by atoms with van der Waals surface area (Å²) in [5, 5.41) is 2.80. The number of oxazole rings is 1. The minimum Gasteiger partial charge on any atom is -0.441 e. The number of anilines is 1. The van der Waals surface area contributed by atoms with Crippen LogP contribution in [0.15, 0.2) is 89.5 Å². The van der Waals surface area contributed by atoms with Crippen molar-refractivity contribution in [3.05, 3.63) is 108 Å². The molecule has 0 aliphatic rings. The minimum absolute atomic E-state index is 0.107. The van der Waals surface area contributed by atoms with Gasteiger partial charge in [-0.05, 0) is 36.4 Å². The molecule has 0 atom stereocenters. The van der Waals surface area contributed by atoms with Crippen molar-refractivity contribution in [2.45, 2.75) is 12.8 Å². The van der Waals surface area contributed by atoms with Crippen molar-refractivity contribution in [3.8, 4) is 11.3 Å². The van der Waals surface area contributed by atoms with Crippen LogP contribution in [0.25, 0.3) is 11.3 Å². The van der Waals surface area contributed by atoms with Gasteiger partial charge in [-0.25, -0.2) is 9.37 Å². The molecule has 0 unspecified atom stereocenters. The van der Waals surface area contributed by atoms with E-state index in [9.17, 15) is 14.0 Å². The van der Waals surface area contributed by atoms with Gasteiger partial charge in [-0.3, -0.25) is 9.59 Å². The fourth-order valence-corrected chi connectivity index (χ4v) is 3.11. The van der Waals surface area contributed by atoms with Crippen LogP contribution in [0.4, 0.5) is 10.1 Å². The van der Waals surface area contributed by atoms with Crippen molar-refractivity contribution >= 4 is 17.4 Å². The van der Waals surface area contributed by atoms with Gasteiger partial charge in [0.15, 0.2) is 17.4 Å². The molecule has 1 aromatic heterocycles. The normalized spacial score (nSPS) is 10.6. The molecule has 0 spiro atoms. The first kappa shape index (κ1) is 20.2. The Morgan fingerprint density at radius 3 is 2.42 bits per heavy atom. The first-order valence-corrected chi connectivity index (χ1v) is 9.79. The van der Waals surface area contributed by atoms with Crippen LogP contribution in [-0.2, 0) is 11.2 Å². The van der Waals surface area contributed by atoms with Crippen LogP contribution >= 0.6 is 0 Å². The Kier molecular flexibility index (Phi) is 5.98. The van der Waals surface area contributed by atoms with Gasteiger partial charge < -0.3 is 9.73 Å². The number of aryl methyl sites for hydroxylation is 1. The number of nitrogens with one attached hydrogen (secondary N) is 1. The highest BCUT2D eigenvalue weighted by molar-refractivity contribution is 6.09. The molecule has 4 rings (SSSR count). The number of amides is 1. The second-order valence-corrected chi connectivity index (χ2v) is 6.95. The fourth-order valence-electron chi connectivity index (χ4n) is 3.11. The average molecular weight is 414 g/mol. The van der Waals surface area contributed by atoms with E-state index in [4.69, 9.17) is 4.42 Å². The molecule has 154 valence electrons. The number of hydrogen-bond acceptors (Lipinski definition) is 4. The summed E-state index contributed by atoms with van der Waals surface area (Å²) in [6.07, 6.45) is 2.04. The molecular weight excluding hydrogens is 395 g/mol. The molecule has 1 amide bonds. The summed E-state index contributed by atoms with van der Waals surface area (Å²) in [6, 6.07) is 21.7. The van der Waals surface area contributed by atoms with Crippen molar-refractivity contribution in [3.63, 3.8) is 0 Å². The number of benzene rings is 3. The van der Waals surface area contributed by atoms with E-state index >= 15 is 0 Å². The second-order valence-electron chi connectivity index (χ2n) is 6.95. The molecule has 0 aliphatic carbocycles. The van der Waals surface area contributed by atoms with Crippen molar-refractivity contribution in [2.75, 3.05) is 5.32 Å². The van der Waals surface area contributed by atoms with Gasteiger partial charge in [0.25, 0.3) is 0 Å². The van der Waals surface area contributed by atoms with E-state index in [0.717, 1.165) is 0 Å². The van der Waals surface area contributed by atoms with Crippen LogP contribution < -0.4 is 5.32 Å². The highest BCUT2D eigenvalue weighted by Gasteiger charge is 2.12. The van der Waals surface area contributed by atoms with E-state index in [1.165, 1.54) is 12.1 Å². The van der Waals surface area contributed by atoms with Crippen molar-refractivity contribution in [1.82, 2.24) is 4.98 Å². The van der Waals surface area contributed by atoms with Gasteiger partial charge in [-0.1, -0.05) is 42.5 Å². The van der Waals surface area contributed by atoms with Crippen LogP contribution in [0, 0.1) is 5.82 Å². The molecule has 31 heavy (non-hydrogen) atoms. The first-order chi connectivity index (χ1) is 15.1. The van der Waals surface area contributed by atoms with Gasteiger partial charge in [0.05, 0.1) is 6.20 Å². The molecule has 0 fully saturated rings. The third kappa shape index (κ3) is 5.11. The molecule has 1 N–H and O–H groups in total. The monoisotopic (exact) mass is 414 g/mol. The Labute approximate surface area is 178 Å². The molecule has 5 nitrogen and oxygen atoms in total. The summed E-state index contributed by atoms with van der Waals surface area (Å²) < 4.78 is 18.7. The van der Waals surface area contributed by atoms with Crippen LogP contribution in [0.3, 0.4) is 0 Å². The lowest BCUT2D eigenvalue weighted by Gasteiger charge is -2.07. The standard InChI is InChI=1S/C25H19FN2O3/c26-20-11-9-17(10-12-20)22-16-27-24(31-22)14-13-23(29)28-21-8-4-7-19(15-21)25(30)18-5-2-1-3-6-18/h1-12,15-16H,13-14H2,(H,28,29). The Hall–Kier alpha value is -4.06. The predicted molar refractivity (Wildman–Crippen MR) is 115 cm³/mol. The van der Waals surface area contributed by atoms with Gasteiger partial charge in [0.1, 0.15) is 5.82 Å². The maximum Gasteiger partial charge on any atom is 0.224 e. The molecule has 4 aromatic rings. The summed E-state index contributed by atoms with van der Waals surface area (Å²) in [4.78, 5) is 29.1. The Morgan fingerprint density at radius 2 is 1.65 bits per heavy atom. The predicted octanol–water partition coefficient (Wildman–Crippen LogP) is 5.28. The highest BCUT2D eigenvalue weighted by atomic mass is 19.1. The molecule has 6 heteroatoms. The zero-order valence-electron chi connectivity index (χ0n) is 16.5. The molecule has 0 radical (unpaired) electrons. The van der Waals surface area contributed by atoms with Gasteiger partial charge in [-0.2, -0.15) is 0 Å². The minimum atomic E-state index is -0.324. The lowest BCUT2D eigenvalue weighted by molar-refractivity contribution is -0.116. The highest BCUT2D eigenvalue weighted by Crippen LogP contribution is 2.21. The number of halogens is 1. The maximum absolute atomic E-state index is 13.0. The van der Waals surface area contributed by atoms with Crippen LogP contribution in [0.2, 0.25) is 0 Å². The van der Waals surface area contributed by atoms with E-state index in [1.807, 2.05) is 18.2 Å². The summed E-state index contributed by atoms with van der Waals surface area (Å²) in [5.41, 5.74) is 2.35. The van der Waals surface area contributed by atoms with Gasteiger partial charge in [0.2, 0.25) is 5.91 Å². The largest absolute Gasteiger partial charge is 0.441 e. The number of carbonyl (C=O) groups excluding carboxylic acids is 2. The van der Waals surface area contributed by atoms with Crippen LogP contribution in [-0.4, -0.2) is 16.7 Å². The van der Waals surface area contributed by atoms with E-state index in [0.29, 0.717) is 40.4 Å². The number of rotatable bonds is 7. The molecular formula is C25H19FN2O3. The third-order valence-corrected chi connectivity index (χ3v) is 4.69. The number of ketones is 1. The van der Waals surface area contributed by atoms with E-state index in [-0.39, 0.29) is 23.9 Å². The van der Waals surface area contributed by atoms with E-state index < -0.39 is 0 Å². The quantitative estimate of drug-likeness (QED) is 0.418. The summed E-state index contributed by atoms with van der Waals surface area (Å²) in [7, 11) is 0. The summed E-state index contributed by atoms with van der Waals surface area (Å²) in [6.45, 7) is 0. The van der Waals surface area contributed by atoms with Crippen LogP contribution in [0.5, 0.6) is 0 Å².